The molecule has 0 aromatic heterocycles. The van der Waals surface area contributed by atoms with Crippen molar-refractivity contribution in [1.82, 2.24) is 10.6 Å². The molecule has 0 radical (unpaired) electrons. The van der Waals surface area contributed by atoms with E-state index in [1.807, 2.05) is 24.3 Å². The number of carbonyl (C=O) groups is 1. The third-order valence-electron chi connectivity index (χ3n) is 5.18. The van der Waals surface area contributed by atoms with Crippen LogP contribution < -0.4 is 16.0 Å². The number of amides is 1. The number of carbonyl (C=O) groups excluding carboxylic acids is 1. The smallest absolute Gasteiger partial charge is 0.227 e. The highest BCUT2D eigenvalue weighted by Crippen LogP contribution is 2.20. The fraction of sp³-hybridized carbons (Fsp3) is 0.667. The fourth-order valence-corrected chi connectivity index (χ4v) is 3.69. The molecule has 1 amide bonds. The first-order valence-electron chi connectivity index (χ1n) is 10.2. The molecule has 1 aliphatic rings. The number of rotatable bonds is 11. The maximum absolute atomic E-state index is 12.5. The van der Waals surface area contributed by atoms with Crippen LogP contribution >= 0.6 is 11.6 Å². The molecule has 4 nitrogen and oxygen atoms in total. The van der Waals surface area contributed by atoms with E-state index in [0.717, 1.165) is 18.5 Å². The Morgan fingerprint density at radius 3 is 2.23 bits per heavy atom. The van der Waals surface area contributed by atoms with Gasteiger partial charge in [-0.2, -0.15) is 0 Å². The van der Waals surface area contributed by atoms with Crippen LogP contribution in [0.2, 0.25) is 5.02 Å². The first-order chi connectivity index (χ1) is 12.6. The van der Waals surface area contributed by atoms with Gasteiger partial charge < -0.3 is 10.6 Å². The van der Waals surface area contributed by atoms with Crippen molar-refractivity contribution in [3.8, 4) is 0 Å². The second-order valence-corrected chi connectivity index (χ2v) is 7.85. The van der Waals surface area contributed by atoms with E-state index in [-0.39, 0.29) is 24.2 Å². The number of halogens is 1. The maximum atomic E-state index is 12.5. The molecule has 0 bridgehead atoms. The molecule has 3 N–H and O–H groups in total. The highest BCUT2D eigenvalue weighted by molar-refractivity contribution is 6.30. The van der Waals surface area contributed by atoms with E-state index in [2.05, 4.69) is 29.8 Å². The van der Waals surface area contributed by atoms with Crippen molar-refractivity contribution in [2.45, 2.75) is 84.0 Å². The van der Waals surface area contributed by atoms with Gasteiger partial charge in [0.25, 0.3) is 0 Å². The minimum atomic E-state index is -0.242. The lowest BCUT2D eigenvalue weighted by molar-refractivity contribution is -0.129. The van der Waals surface area contributed by atoms with E-state index in [4.69, 9.17) is 11.6 Å². The highest BCUT2D eigenvalue weighted by Gasteiger charge is 2.32. The monoisotopic (exact) mass is 379 g/mol. The van der Waals surface area contributed by atoms with E-state index in [0.29, 0.717) is 5.02 Å². The van der Waals surface area contributed by atoms with Crippen molar-refractivity contribution in [2.24, 2.45) is 5.92 Å². The van der Waals surface area contributed by atoms with Gasteiger partial charge in [0.2, 0.25) is 5.91 Å². The summed E-state index contributed by atoms with van der Waals surface area (Å²) in [6.45, 7) is 4.35. The third-order valence-corrected chi connectivity index (χ3v) is 5.43. The van der Waals surface area contributed by atoms with E-state index in [9.17, 15) is 4.79 Å². The summed E-state index contributed by atoms with van der Waals surface area (Å²) >= 11 is 5.91. The number of unbranched alkanes of at least 4 members (excludes halogenated alkanes) is 7. The van der Waals surface area contributed by atoms with Gasteiger partial charge in [0, 0.05) is 16.8 Å². The van der Waals surface area contributed by atoms with Gasteiger partial charge in [-0.25, -0.2) is 0 Å². The van der Waals surface area contributed by atoms with Crippen LogP contribution in [0.25, 0.3) is 0 Å². The van der Waals surface area contributed by atoms with E-state index in [1.54, 1.807) is 0 Å². The Balaban J connectivity index is 1.66. The number of hydrogen-bond donors (Lipinski definition) is 3. The van der Waals surface area contributed by atoms with Crippen molar-refractivity contribution in [3.05, 3.63) is 29.3 Å². The molecule has 0 spiro atoms. The molecule has 5 heteroatoms. The first kappa shape index (κ1) is 21.0. The Hall–Kier alpha value is -1.26. The number of anilines is 1. The van der Waals surface area contributed by atoms with Crippen molar-refractivity contribution in [2.75, 3.05) is 5.32 Å². The summed E-state index contributed by atoms with van der Waals surface area (Å²) in [4.78, 5) is 12.5. The van der Waals surface area contributed by atoms with Crippen LogP contribution in [0.15, 0.2) is 24.3 Å². The molecule has 146 valence electrons. The Bertz CT molecular complexity index is 535. The summed E-state index contributed by atoms with van der Waals surface area (Å²) in [5.41, 5.74) is 0.931. The van der Waals surface area contributed by atoms with Crippen molar-refractivity contribution in [1.29, 1.82) is 0 Å². The predicted octanol–water partition coefficient (Wildman–Crippen LogP) is 5.29. The minimum Gasteiger partial charge on any atom is -0.353 e. The minimum absolute atomic E-state index is 0.0540. The first-order valence-corrected chi connectivity index (χ1v) is 10.6. The van der Waals surface area contributed by atoms with Gasteiger partial charge >= 0.3 is 0 Å². The standard InChI is InChI=1S/C21H34ClN3O/c1-3-4-5-6-7-8-9-10-11-19-16(2)23-21(25-20(19)26)24-18-14-12-17(22)13-15-18/h12-16,19,21,23-24H,3-11H2,1-2H3,(H,25,26). The van der Waals surface area contributed by atoms with Gasteiger partial charge in [-0.15, -0.1) is 0 Å². The molecule has 1 aromatic rings. The van der Waals surface area contributed by atoms with Crippen molar-refractivity contribution in [3.63, 3.8) is 0 Å². The summed E-state index contributed by atoms with van der Waals surface area (Å²) in [7, 11) is 0. The van der Waals surface area contributed by atoms with Crippen molar-refractivity contribution < 1.29 is 4.79 Å². The zero-order valence-electron chi connectivity index (χ0n) is 16.2. The molecule has 2 rings (SSSR count). The van der Waals surface area contributed by atoms with Crippen LogP contribution in [0.5, 0.6) is 0 Å². The summed E-state index contributed by atoms with van der Waals surface area (Å²) in [6.07, 6.45) is 11.1. The molecule has 3 atom stereocenters. The Labute approximate surface area is 163 Å². The zero-order chi connectivity index (χ0) is 18.8. The topological polar surface area (TPSA) is 53.2 Å². The van der Waals surface area contributed by atoms with Gasteiger partial charge in [-0.3, -0.25) is 10.1 Å². The number of nitrogens with one attached hydrogen (secondary N) is 3. The molecule has 0 aliphatic carbocycles. The Kier molecular flexibility index (Phi) is 9.27. The van der Waals surface area contributed by atoms with Crippen LogP contribution in [-0.2, 0) is 4.79 Å². The largest absolute Gasteiger partial charge is 0.353 e. The van der Waals surface area contributed by atoms with Crippen LogP contribution in [0, 0.1) is 5.92 Å². The van der Waals surface area contributed by atoms with Crippen molar-refractivity contribution >= 4 is 23.2 Å². The summed E-state index contributed by atoms with van der Waals surface area (Å²) in [5, 5.41) is 10.5. The van der Waals surface area contributed by atoms with Crippen LogP contribution in [0.3, 0.4) is 0 Å². The Morgan fingerprint density at radius 2 is 1.62 bits per heavy atom. The van der Waals surface area contributed by atoms with Gasteiger partial charge in [0.1, 0.15) is 0 Å². The average Bonchev–Trinajstić information content (AvgIpc) is 2.61. The second kappa shape index (κ2) is 11.5. The molecule has 3 unspecified atom stereocenters. The average molecular weight is 380 g/mol. The second-order valence-electron chi connectivity index (χ2n) is 7.42. The molecule has 1 saturated heterocycles. The summed E-state index contributed by atoms with van der Waals surface area (Å²) in [5.74, 6) is 0.198. The lowest BCUT2D eigenvalue weighted by atomic mass is 9.91. The summed E-state index contributed by atoms with van der Waals surface area (Å²) < 4.78 is 0. The van der Waals surface area contributed by atoms with E-state index in [1.165, 1.54) is 44.9 Å². The molecule has 1 heterocycles. The van der Waals surface area contributed by atoms with Gasteiger partial charge in [0.05, 0.1) is 5.92 Å². The molecule has 26 heavy (non-hydrogen) atoms. The lowest BCUT2D eigenvalue weighted by Gasteiger charge is -2.36. The van der Waals surface area contributed by atoms with Crippen LogP contribution in [0.1, 0.15) is 71.6 Å². The normalized spacial score (nSPS) is 22.9. The molecule has 1 fully saturated rings. The number of hydrogen-bond acceptors (Lipinski definition) is 3. The van der Waals surface area contributed by atoms with Crippen LogP contribution in [0.4, 0.5) is 5.69 Å². The molecule has 1 aliphatic heterocycles. The third kappa shape index (κ3) is 7.16. The highest BCUT2D eigenvalue weighted by atomic mass is 35.5. The Morgan fingerprint density at radius 1 is 1.00 bits per heavy atom. The van der Waals surface area contributed by atoms with E-state index >= 15 is 0 Å². The maximum Gasteiger partial charge on any atom is 0.227 e. The molecular formula is C21H34ClN3O. The SMILES string of the molecule is CCCCCCCCCCC1C(=O)NC(Nc2ccc(Cl)cc2)NC1C. The van der Waals surface area contributed by atoms with Gasteiger partial charge in [-0.1, -0.05) is 69.9 Å². The van der Waals surface area contributed by atoms with E-state index < -0.39 is 0 Å². The zero-order valence-corrected chi connectivity index (χ0v) is 16.9. The quantitative estimate of drug-likeness (QED) is 0.458. The van der Waals surface area contributed by atoms with Gasteiger partial charge in [0.15, 0.2) is 6.29 Å². The fourth-order valence-electron chi connectivity index (χ4n) is 3.57. The lowest BCUT2D eigenvalue weighted by Crippen LogP contribution is -2.63. The summed E-state index contributed by atoms with van der Waals surface area (Å²) in [6, 6.07) is 7.66. The van der Waals surface area contributed by atoms with Crippen LogP contribution in [-0.4, -0.2) is 18.2 Å². The van der Waals surface area contributed by atoms with Gasteiger partial charge in [-0.05, 0) is 37.6 Å². The predicted molar refractivity (Wildman–Crippen MR) is 110 cm³/mol. The molecule has 1 aromatic carbocycles. The number of benzene rings is 1. The molecule has 0 saturated carbocycles. The molecular weight excluding hydrogens is 346 g/mol.